The number of benzene rings is 2. The van der Waals surface area contributed by atoms with Gasteiger partial charge in [-0.25, -0.2) is 4.98 Å². The second-order valence-electron chi connectivity index (χ2n) is 6.01. The number of aromatic nitrogens is 1. The molecule has 4 nitrogen and oxygen atoms in total. The molecule has 2 aromatic carbocycles. The third kappa shape index (κ3) is 2.62. The molecule has 0 saturated carbocycles. The van der Waals surface area contributed by atoms with Crippen LogP contribution in [0, 0.1) is 0 Å². The lowest BCUT2D eigenvalue weighted by Crippen LogP contribution is -2.26. The lowest BCUT2D eigenvalue weighted by molar-refractivity contribution is 0.264. The molecule has 1 unspecified atom stereocenters. The van der Waals surface area contributed by atoms with Crippen LogP contribution < -0.4 is 4.90 Å². The van der Waals surface area contributed by atoms with Crippen LogP contribution in [-0.2, 0) is 0 Å². The molecule has 0 N–H and O–H groups in total. The zero-order valence-corrected chi connectivity index (χ0v) is 15.3. The smallest absolute Gasteiger partial charge is 0.286 e. The van der Waals surface area contributed by atoms with Gasteiger partial charge in [0, 0.05) is 17.0 Å². The summed E-state index contributed by atoms with van der Waals surface area (Å²) in [5.41, 5.74) is 2.95. The van der Waals surface area contributed by atoms with Gasteiger partial charge in [-0.15, -0.1) is 11.3 Å². The van der Waals surface area contributed by atoms with Crippen LogP contribution in [0.1, 0.15) is 11.8 Å². The van der Waals surface area contributed by atoms with Crippen molar-refractivity contribution >= 4 is 44.2 Å². The van der Waals surface area contributed by atoms with Gasteiger partial charge in [0.25, 0.3) is 5.24 Å². The van der Waals surface area contributed by atoms with E-state index in [9.17, 15) is 4.79 Å². The molecule has 128 valence electrons. The topological polar surface area (TPSA) is 46.3 Å². The Kier molecular flexibility index (Phi) is 3.80. The van der Waals surface area contributed by atoms with Crippen LogP contribution in [0.2, 0.25) is 0 Å². The molecule has 0 aliphatic carbocycles. The molecule has 1 atom stereocenters. The molecule has 26 heavy (non-hydrogen) atoms. The largest absolute Gasteiger partial charge is 0.467 e. The molecule has 1 fully saturated rings. The highest BCUT2D eigenvalue weighted by Gasteiger charge is 2.35. The standard InChI is InChI=1S/C20H14N2O2S2/c23-20-22(16(12-25-20)17-5-3-11-24-17)14-9-7-13(8-10-14)19-21-15-4-1-2-6-18(15)26-19/h1-11,16H,12H2. The summed E-state index contributed by atoms with van der Waals surface area (Å²) in [6.45, 7) is 0. The second-order valence-corrected chi connectivity index (χ2v) is 8.01. The molecule has 3 heterocycles. The number of amides is 1. The SMILES string of the molecule is O=C1SCC(c2ccco2)N1c1ccc(-c2nc3ccccc3s2)cc1. The number of hydrogen-bond acceptors (Lipinski definition) is 5. The summed E-state index contributed by atoms with van der Waals surface area (Å²) < 4.78 is 6.71. The number of thiazole rings is 1. The van der Waals surface area contributed by atoms with Gasteiger partial charge in [0.1, 0.15) is 16.8 Å². The highest BCUT2D eigenvalue weighted by Crippen LogP contribution is 2.40. The number of hydrogen-bond donors (Lipinski definition) is 0. The summed E-state index contributed by atoms with van der Waals surface area (Å²) in [4.78, 5) is 18.9. The second kappa shape index (κ2) is 6.30. The predicted molar refractivity (Wildman–Crippen MR) is 107 cm³/mol. The van der Waals surface area contributed by atoms with E-state index in [1.807, 2.05) is 59.5 Å². The molecular weight excluding hydrogens is 364 g/mol. The lowest BCUT2D eigenvalue weighted by Gasteiger charge is -2.22. The summed E-state index contributed by atoms with van der Waals surface area (Å²) in [5, 5.41) is 1.04. The van der Waals surface area contributed by atoms with E-state index in [1.165, 1.54) is 16.5 Å². The monoisotopic (exact) mass is 378 g/mol. The van der Waals surface area contributed by atoms with E-state index in [4.69, 9.17) is 9.40 Å². The van der Waals surface area contributed by atoms with Gasteiger partial charge in [-0.1, -0.05) is 23.9 Å². The summed E-state index contributed by atoms with van der Waals surface area (Å²) >= 11 is 3.00. The van der Waals surface area contributed by atoms with E-state index in [-0.39, 0.29) is 11.3 Å². The first-order chi connectivity index (χ1) is 12.8. The van der Waals surface area contributed by atoms with Gasteiger partial charge in [-0.2, -0.15) is 0 Å². The number of furan rings is 1. The number of carbonyl (C=O) groups is 1. The molecule has 6 heteroatoms. The zero-order chi connectivity index (χ0) is 17.5. The number of nitrogens with zero attached hydrogens (tertiary/aromatic N) is 2. The molecule has 1 saturated heterocycles. The first kappa shape index (κ1) is 15.7. The van der Waals surface area contributed by atoms with Gasteiger partial charge < -0.3 is 4.42 Å². The minimum atomic E-state index is -0.0594. The van der Waals surface area contributed by atoms with Crippen LogP contribution in [0.25, 0.3) is 20.8 Å². The van der Waals surface area contributed by atoms with Gasteiger partial charge >= 0.3 is 0 Å². The van der Waals surface area contributed by atoms with Crippen LogP contribution in [0.4, 0.5) is 10.5 Å². The average Bonchev–Trinajstić information content (AvgIpc) is 3.41. The Morgan fingerprint density at radius 3 is 2.65 bits per heavy atom. The van der Waals surface area contributed by atoms with Crippen LogP contribution in [0.15, 0.2) is 71.3 Å². The zero-order valence-electron chi connectivity index (χ0n) is 13.7. The van der Waals surface area contributed by atoms with Crippen molar-refractivity contribution in [3.8, 4) is 10.6 Å². The summed E-state index contributed by atoms with van der Waals surface area (Å²) in [5.74, 6) is 1.52. The van der Waals surface area contributed by atoms with E-state index < -0.39 is 0 Å². The number of para-hydroxylation sites is 1. The molecule has 0 radical (unpaired) electrons. The Labute approximate surface area is 158 Å². The minimum Gasteiger partial charge on any atom is -0.467 e. The summed E-state index contributed by atoms with van der Waals surface area (Å²) in [7, 11) is 0. The van der Waals surface area contributed by atoms with Crippen molar-refractivity contribution in [2.45, 2.75) is 6.04 Å². The van der Waals surface area contributed by atoms with Crippen molar-refractivity contribution in [3.63, 3.8) is 0 Å². The molecule has 0 spiro atoms. The normalized spacial score (nSPS) is 17.3. The fourth-order valence-corrected chi connectivity index (χ4v) is 5.11. The van der Waals surface area contributed by atoms with Gasteiger partial charge in [-0.3, -0.25) is 9.69 Å². The Balaban J connectivity index is 1.48. The molecule has 2 aromatic heterocycles. The van der Waals surface area contributed by atoms with E-state index in [2.05, 4.69) is 6.07 Å². The number of carbonyl (C=O) groups excluding carboxylic acids is 1. The van der Waals surface area contributed by atoms with E-state index >= 15 is 0 Å². The first-order valence-electron chi connectivity index (χ1n) is 8.25. The Morgan fingerprint density at radius 2 is 1.88 bits per heavy atom. The van der Waals surface area contributed by atoms with Gasteiger partial charge in [-0.05, 0) is 48.5 Å². The van der Waals surface area contributed by atoms with Crippen molar-refractivity contribution < 1.29 is 9.21 Å². The van der Waals surface area contributed by atoms with Crippen LogP contribution in [0.3, 0.4) is 0 Å². The number of fused-ring (bicyclic) bond motifs is 1. The van der Waals surface area contributed by atoms with Crippen LogP contribution >= 0.6 is 23.1 Å². The summed E-state index contributed by atoms with van der Waals surface area (Å²) in [6.07, 6.45) is 1.65. The van der Waals surface area contributed by atoms with Crippen molar-refractivity contribution in [2.24, 2.45) is 0 Å². The van der Waals surface area contributed by atoms with E-state index in [0.717, 1.165) is 27.5 Å². The maximum atomic E-state index is 12.4. The third-order valence-corrected chi connectivity index (χ3v) is 6.44. The van der Waals surface area contributed by atoms with E-state index in [0.29, 0.717) is 5.75 Å². The molecule has 0 bridgehead atoms. The summed E-state index contributed by atoms with van der Waals surface area (Å²) in [6, 6.07) is 19.9. The van der Waals surface area contributed by atoms with Gasteiger partial charge in [0.05, 0.1) is 16.5 Å². The molecular formula is C20H14N2O2S2. The number of thioether (sulfide) groups is 1. The highest BCUT2D eigenvalue weighted by atomic mass is 32.2. The molecule has 1 amide bonds. The van der Waals surface area contributed by atoms with Crippen molar-refractivity contribution in [2.75, 3.05) is 10.7 Å². The molecule has 4 aromatic rings. The fraction of sp³-hybridized carbons (Fsp3) is 0.100. The Morgan fingerprint density at radius 1 is 1.04 bits per heavy atom. The molecule has 1 aliphatic heterocycles. The highest BCUT2D eigenvalue weighted by molar-refractivity contribution is 8.14. The average molecular weight is 378 g/mol. The Bertz CT molecular complexity index is 1040. The maximum absolute atomic E-state index is 12.4. The van der Waals surface area contributed by atoms with E-state index in [1.54, 1.807) is 17.6 Å². The van der Waals surface area contributed by atoms with Crippen LogP contribution in [-0.4, -0.2) is 16.0 Å². The quantitative estimate of drug-likeness (QED) is 0.440. The number of rotatable bonds is 3. The van der Waals surface area contributed by atoms with Crippen LogP contribution in [0.5, 0.6) is 0 Å². The van der Waals surface area contributed by atoms with Gasteiger partial charge in [0.2, 0.25) is 0 Å². The lowest BCUT2D eigenvalue weighted by atomic mass is 10.1. The number of anilines is 1. The van der Waals surface area contributed by atoms with Crippen molar-refractivity contribution in [1.29, 1.82) is 0 Å². The first-order valence-corrected chi connectivity index (χ1v) is 10.1. The van der Waals surface area contributed by atoms with Crippen molar-refractivity contribution in [3.05, 3.63) is 72.7 Å². The molecule has 1 aliphatic rings. The maximum Gasteiger partial charge on any atom is 0.286 e. The Hall–Kier alpha value is -2.57. The minimum absolute atomic E-state index is 0.0548. The third-order valence-electron chi connectivity index (χ3n) is 4.43. The fourth-order valence-electron chi connectivity index (χ4n) is 3.16. The van der Waals surface area contributed by atoms with Gasteiger partial charge in [0.15, 0.2) is 0 Å². The predicted octanol–water partition coefficient (Wildman–Crippen LogP) is 5.97. The molecule has 5 rings (SSSR count). The van der Waals surface area contributed by atoms with Crippen molar-refractivity contribution in [1.82, 2.24) is 4.98 Å².